The molecule has 1 spiro atoms. The Balaban J connectivity index is 2.33. The van der Waals surface area contributed by atoms with Crippen LogP contribution < -0.4 is 0 Å². The highest BCUT2D eigenvalue weighted by atomic mass is 17.7. The molecular weight excluding hydrogens is 386 g/mol. The van der Waals surface area contributed by atoms with Crippen molar-refractivity contribution < 1.29 is 44.4 Å². The zero-order valence-electron chi connectivity index (χ0n) is 18.0. The lowest BCUT2D eigenvalue weighted by Gasteiger charge is -2.63. The summed E-state index contributed by atoms with van der Waals surface area (Å²) in [7, 11) is 0. The Hall–Kier alpha value is -0.850. The number of amides is 1. The van der Waals surface area contributed by atoms with Crippen LogP contribution in [0, 0.1) is 5.92 Å². The first kappa shape index (κ1) is 24.4. The maximum Gasteiger partial charge on any atom is 0.249 e. The fourth-order valence-corrected chi connectivity index (χ4v) is 4.27. The van der Waals surface area contributed by atoms with Crippen molar-refractivity contribution in [1.29, 1.82) is 0 Å². The third kappa shape index (κ3) is 4.45. The van der Waals surface area contributed by atoms with E-state index in [1.807, 2.05) is 27.7 Å². The number of aliphatic hydroxyl groups excluding tert-OH is 1. The van der Waals surface area contributed by atoms with Crippen LogP contribution in [0.4, 0.5) is 0 Å². The van der Waals surface area contributed by atoms with Gasteiger partial charge in [0.1, 0.15) is 17.2 Å². The van der Waals surface area contributed by atoms with Gasteiger partial charge in [-0.15, -0.1) is 0 Å². The first-order chi connectivity index (χ1) is 13.8. The van der Waals surface area contributed by atoms with Crippen molar-refractivity contribution in [2.75, 3.05) is 19.8 Å². The van der Waals surface area contributed by atoms with Gasteiger partial charge in [-0.3, -0.25) is 10.0 Å². The number of hydrogen-bond acceptors (Lipinski definition) is 9. The summed E-state index contributed by atoms with van der Waals surface area (Å²) in [5.74, 6) is -0.920. The highest BCUT2D eigenvalue weighted by Crippen LogP contribution is 2.52. The number of hydroxylamine groups is 2. The maximum atomic E-state index is 11.9. The van der Waals surface area contributed by atoms with Crippen LogP contribution in [0.2, 0.25) is 0 Å². The molecule has 2 fully saturated rings. The molecule has 1 unspecified atom stereocenters. The van der Waals surface area contributed by atoms with Gasteiger partial charge in [0.25, 0.3) is 0 Å². The number of nitrogens with zero attached hydrogens (tertiary/aromatic N) is 1. The molecule has 29 heavy (non-hydrogen) atoms. The smallest absolute Gasteiger partial charge is 0.249 e. The summed E-state index contributed by atoms with van der Waals surface area (Å²) in [4.78, 5) is 22.0. The molecule has 1 saturated heterocycles. The van der Waals surface area contributed by atoms with E-state index in [9.17, 15) is 15.1 Å². The van der Waals surface area contributed by atoms with Crippen molar-refractivity contribution >= 4 is 5.91 Å². The predicted octanol–water partition coefficient (Wildman–Crippen LogP) is 1.93. The van der Waals surface area contributed by atoms with Gasteiger partial charge in [0.2, 0.25) is 5.91 Å². The summed E-state index contributed by atoms with van der Waals surface area (Å²) in [6.45, 7) is 10.5. The number of carbonyl (C=O) groups excluding carboxylic acids is 1. The fraction of sp³-hybridized carbons (Fsp3) is 0.947. The summed E-state index contributed by atoms with van der Waals surface area (Å²) in [6, 6.07) is 0. The molecule has 0 aromatic heterocycles. The molecule has 10 nitrogen and oxygen atoms in total. The van der Waals surface area contributed by atoms with E-state index < -0.39 is 41.3 Å². The van der Waals surface area contributed by atoms with Crippen molar-refractivity contribution in [3.63, 3.8) is 0 Å². The minimum Gasteiger partial charge on any atom is -0.388 e. The first-order valence-corrected chi connectivity index (χ1v) is 10.4. The van der Waals surface area contributed by atoms with Crippen LogP contribution in [0.5, 0.6) is 0 Å². The Morgan fingerprint density at radius 1 is 1.07 bits per heavy atom. The molecule has 170 valence electrons. The van der Waals surface area contributed by atoms with Gasteiger partial charge in [0.05, 0.1) is 19.1 Å². The van der Waals surface area contributed by atoms with Crippen LogP contribution in [0.25, 0.3) is 0 Å². The SMILES string of the molecule is CCCOOOO[C@H]1[C@@H](O)C2(CC(=O)N2O)[C@H](C)[C@H](OCCC)[C@]1(C)OCCC. The number of rotatable bonds is 12. The van der Waals surface area contributed by atoms with Crippen molar-refractivity contribution in [1.82, 2.24) is 5.06 Å². The largest absolute Gasteiger partial charge is 0.388 e. The van der Waals surface area contributed by atoms with E-state index in [-0.39, 0.29) is 6.42 Å². The molecule has 10 heteroatoms. The molecule has 2 rings (SSSR count). The maximum absolute atomic E-state index is 11.9. The zero-order chi connectivity index (χ0) is 21.7. The van der Waals surface area contributed by atoms with Gasteiger partial charge >= 0.3 is 0 Å². The number of hydrogen-bond donors (Lipinski definition) is 2. The molecule has 2 aliphatic rings. The van der Waals surface area contributed by atoms with Gasteiger partial charge in [-0.2, -0.15) is 4.89 Å². The lowest BCUT2D eigenvalue weighted by atomic mass is 9.58. The Bertz CT molecular complexity index is 536. The van der Waals surface area contributed by atoms with Crippen molar-refractivity contribution in [3.8, 4) is 0 Å². The van der Waals surface area contributed by atoms with Crippen LogP contribution in [-0.4, -0.2) is 70.6 Å². The molecule has 6 atom stereocenters. The number of carbonyl (C=O) groups is 1. The Labute approximate surface area is 171 Å². The Morgan fingerprint density at radius 3 is 2.28 bits per heavy atom. The Morgan fingerprint density at radius 2 is 1.72 bits per heavy atom. The molecule has 0 aromatic carbocycles. The van der Waals surface area contributed by atoms with Crippen LogP contribution in [-0.2, 0) is 34.1 Å². The van der Waals surface area contributed by atoms with Gasteiger partial charge in [-0.25, -0.2) is 9.95 Å². The average molecular weight is 421 g/mol. The monoisotopic (exact) mass is 421 g/mol. The Kier molecular flexibility index (Phi) is 8.80. The van der Waals surface area contributed by atoms with E-state index in [0.717, 1.165) is 12.8 Å². The van der Waals surface area contributed by atoms with Crippen LogP contribution >= 0.6 is 0 Å². The van der Waals surface area contributed by atoms with Crippen LogP contribution in [0.15, 0.2) is 0 Å². The zero-order valence-corrected chi connectivity index (χ0v) is 18.0. The molecule has 1 amide bonds. The summed E-state index contributed by atoms with van der Waals surface area (Å²) < 4.78 is 12.2. The normalized spacial score (nSPS) is 37.2. The summed E-state index contributed by atoms with van der Waals surface area (Å²) in [5, 5.41) is 31.4. The van der Waals surface area contributed by atoms with Gasteiger partial charge < -0.3 is 14.6 Å². The van der Waals surface area contributed by atoms with Gasteiger partial charge in [-0.05, 0) is 36.3 Å². The van der Waals surface area contributed by atoms with Crippen LogP contribution in [0.1, 0.15) is 60.3 Å². The molecule has 0 bridgehead atoms. The predicted molar refractivity (Wildman–Crippen MR) is 99.1 cm³/mol. The lowest BCUT2D eigenvalue weighted by molar-refractivity contribution is -0.650. The van der Waals surface area contributed by atoms with Crippen molar-refractivity contribution in [2.24, 2.45) is 5.92 Å². The topological polar surface area (TPSA) is 116 Å². The molecule has 1 heterocycles. The number of aliphatic hydroxyl groups is 1. The second kappa shape index (κ2) is 10.5. The van der Waals surface area contributed by atoms with Crippen molar-refractivity contribution in [2.45, 2.75) is 89.8 Å². The first-order valence-electron chi connectivity index (χ1n) is 10.4. The summed E-state index contributed by atoms with van der Waals surface area (Å²) in [5.41, 5.74) is -2.41. The second-order valence-corrected chi connectivity index (χ2v) is 7.91. The molecule has 0 radical (unpaired) electrons. The molecule has 1 aliphatic heterocycles. The third-order valence-corrected chi connectivity index (χ3v) is 5.86. The molecule has 2 N–H and O–H groups in total. The highest BCUT2D eigenvalue weighted by Gasteiger charge is 2.72. The molecule has 0 aromatic rings. The summed E-state index contributed by atoms with van der Waals surface area (Å²) in [6.07, 6.45) is -0.875. The minimum absolute atomic E-state index is 0.0469. The van der Waals surface area contributed by atoms with E-state index in [1.165, 1.54) is 0 Å². The highest BCUT2D eigenvalue weighted by molar-refractivity contribution is 5.84. The molecule has 1 saturated carbocycles. The minimum atomic E-state index is -1.32. The van der Waals surface area contributed by atoms with Crippen molar-refractivity contribution in [3.05, 3.63) is 0 Å². The third-order valence-electron chi connectivity index (χ3n) is 5.86. The fourth-order valence-electron chi connectivity index (χ4n) is 4.27. The van der Waals surface area contributed by atoms with Gasteiger partial charge in [0.15, 0.2) is 6.10 Å². The van der Waals surface area contributed by atoms with E-state index in [2.05, 4.69) is 5.04 Å². The molecule has 1 aliphatic carbocycles. The van der Waals surface area contributed by atoms with Crippen LogP contribution in [0.3, 0.4) is 0 Å². The average Bonchev–Trinajstić information content (AvgIpc) is 2.71. The lowest BCUT2D eigenvalue weighted by Crippen LogP contribution is -2.82. The van der Waals surface area contributed by atoms with E-state index in [4.69, 9.17) is 24.3 Å². The summed E-state index contributed by atoms with van der Waals surface area (Å²) >= 11 is 0. The standard InChI is InChI=1S/C19H35NO9/c1-6-9-24-16-13(4)19(12-14(21)20(19)23)15(22)17(18(16,5)25-10-7-2)27-29-28-26-11-8-3/h13,15-17,22-23H,6-12H2,1-5H3/t13-,15-,16+,17+,18+,19?/m1/s1. The quantitative estimate of drug-likeness (QED) is 0.160. The van der Waals surface area contributed by atoms with Gasteiger partial charge in [0, 0.05) is 19.1 Å². The van der Waals surface area contributed by atoms with E-state index >= 15 is 0 Å². The van der Waals surface area contributed by atoms with E-state index in [1.54, 1.807) is 6.92 Å². The second-order valence-electron chi connectivity index (χ2n) is 7.91. The van der Waals surface area contributed by atoms with E-state index in [0.29, 0.717) is 31.3 Å². The van der Waals surface area contributed by atoms with Gasteiger partial charge in [-0.1, -0.05) is 27.7 Å². The molecular formula is C19H35NO9. The number of ether oxygens (including phenoxy) is 2. The number of β-lactam (4-membered cyclic amide) rings is 1.